The van der Waals surface area contributed by atoms with Crippen LogP contribution in [-0.2, 0) is 33.9 Å². The summed E-state index contributed by atoms with van der Waals surface area (Å²) in [6.07, 6.45) is 1.28. The molecular weight excluding hydrogens is 494 g/mol. The Balaban J connectivity index is 1.43. The Labute approximate surface area is 229 Å². The van der Waals surface area contributed by atoms with Crippen molar-refractivity contribution in [1.29, 1.82) is 0 Å². The summed E-state index contributed by atoms with van der Waals surface area (Å²) in [6, 6.07) is 22.0. The van der Waals surface area contributed by atoms with Crippen LogP contribution in [-0.4, -0.2) is 45.2 Å². The van der Waals surface area contributed by atoms with Crippen LogP contribution in [0.25, 0.3) is 0 Å². The van der Waals surface area contributed by atoms with E-state index in [-0.39, 0.29) is 31.1 Å². The molecule has 39 heavy (non-hydrogen) atoms. The van der Waals surface area contributed by atoms with Gasteiger partial charge >= 0.3 is 5.97 Å². The van der Waals surface area contributed by atoms with Crippen molar-refractivity contribution in [3.63, 3.8) is 0 Å². The van der Waals surface area contributed by atoms with E-state index in [0.717, 1.165) is 22.3 Å². The highest BCUT2D eigenvalue weighted by molar-refractivity contribution is 5.88. The Bertz CT molecular complexity index is 1290. The molecule has 7 heteroatoms. The second-order valence-electron chi connectivity index (χ2n) is 10.5. The summed E-state index contributed by atoms with van der Waals surface area (Å²) in [5.41, 5.74) is 4.36. The fraction of sp³-hybridized carbons (Fsp3) is 0.375. The number of rotatable bonds is 8. The maximum Gasteiger partial charge on any atom is 0.326 e. The lowest BCUT2D eigenvalue weighted by Gasteiger charge is -2.38. The molecule has 7 nitrogen and oxygen atoms in total. The lowest BCUT2D eigenvalue weighted by atomic mass is 9.90. The van der Waals surface area contributed by atoms with Crippen LogP contribution in [0.15, 0.2) is 72.8 Å². The first-order valence-electron chi connectivity index (χ1n) is 13.6. The fourth-order valence-corrected chi connectivity index (χ4v) is 5.57. The van der Waals surface area contributed by atoms with Crippen LogP contribution in [0.2, 0.25) is 0 Å². The number of aliphatic carboxylic acids is 1. The Kier molecular flexibility index (Phi) is 8.29. The van der Waals surface area contributed by atoms with Gasteiger partial charge in [0.05, 0.1) is 12.2 Å². The van der Waals surface area contributed by atoms with Gasteiger partial charge in [-0.1, -0.05) is 72.8 Å². The number of ether oxygens (including phenoxy) is 2. The van der Waals surface area contributed by atoms with E-state index in [0.29, 0.717) is 43.6 Å². The van der Waals surface area contributed by atoms with Crippen LogP contribution >= 0.6 is 0 Å². The Hall–Kier alpha value is -3.68. The third-order valence-corrected chi connectivity index (χ3v) is 7.76. The summed E-state index contributed by atoms with van der Waals surface area (Å²) in [7, 11) is 0. The lowest BCUT2D eigenvalue weighted by Crippen LogP contribution is -2.51. The highest BCUT2D eigenvalue weighted by atomic mass is 16.5. The minimum atomic E-state index is -1.06. The standard InChI is InChI=1S/C32H35NO6/c1-21-12-13-24-19-33(28(32(36)37)18-27(24)29(21)38-20-22-8-4-2-5-9-22)31(35)30(23-10-6-3-7-11-23)39-26-16-14-25(34)15-17-26/h2-13,25-26,28,30,34H,14-20H2,1H3,(H,36,37)/t25-,26+,28-,30+/m1/s1. The molecule has 2 N–H and O–H groups in total. The second-order valence-corrected chi connectivity index (χ2v) is 10.5. The molecule has 3 aromatic carbocycles. The molecule has 204 valence electrons. The number of aliphatic hydroxyl groups is 1. The molecule has 0 spiro atoms. The highest BCUT2D eigenvalue weighted by Crippen LogP contribution is 2.37. The minimum Gasteiger partial charge on any atom is -0.488 e. The summed E-state index contributed by atoms with van der Waals surface area (Å²) >= 11 is 0. The van der Waals surface area contributed by atoms with E-state index in [1.165, 1.54) is 4.90 Å². The first-order valence-corrected chi connectivity index (χ1v) is 13.6. The SMILES string of the molecule is Cc1ccc2c(c1OCc1ccccc1)C[C@H](C(=O)O)N(C(=O)[C@@H](O[C@H]1CC[C@@H](O)CC1)c1ccccc1)C2. The largest absolute Gasteiger partial charge is 0.488 e. The maximum atomic E-state index is 14.1. The van der Waals surface area contributed by atoms with Gasteiger partial charge in [0, 0.05) is 18.5 Å². The normalized spacial score (nSPS) is 21.6. The number of carbonyl (C=O) groups excluding carboxylic acids is 1. The van der Waals surface area contributed by atoms with Crippen molar-refractivity contribution in [1.82, 2.24) is 4.90 Å². The van der Waals surface area contributed by atoms with Crippen molar-refractivity contribution in [2.45, 2.75) is 76.5 Å². The van der Waals surface area contributed by atoms with Crippen molar-refractivity contribution >= 4 is 11.9 Å². The number of benzene rings is 3. The summed E-state index contributed by atoms with van der Waals surface area (Å²) < 4.78 is 12.6. The molecule has 1 fully saturated rings. The van der Waals surface area contributed by atoms with Gasteiger partial charge in [-0.25, -0.2) is 4.79 Å². The van der Waals surface area contributed by atoms with Crippen molar-refractivity contribution < 1.29 is 29.3 Å². The number of fused-ring (bicyclic) bond motifs is 1. The average molecular weight is 530 g/mol. The Morgan fingerprint density at radius 1 is 0.949 bits per heavy atom. The van der Waals surface area contributed by atoms with E-state index in [1.807, 2.05) is 79.7 Å². The van der Waals surface area contributed by atoms with Crippen LogP contribution in [0.1, 0.15) is 59.6 Å². The summed E-state index contributed by atoms with van der Waals surface area (Å²) in [5.74, 6) is -0.735. The van der Waals surface area contributed by atoms with Crippen molar-refractivity contribution in [2.24, 2.45) is 0 Å². The number of aliphatic hydroxyl groups excluding tert-OH is 1. The molecule has 1 heterocycles. The van der Waals surface area contributed by atoms with Crippen LogP contribution in [0.4, 0.5) is 0 Å². The van der Waals surface area contributed by atoms with Crippen LogP contribution in [0.3, 0.4) is 0 Å². The summed E-state index contributed by atoms with van der Waals surface area (Å²) in [5, 5.41) is 20.2. The molecule has 1 amide bonds. The fourth-order valence-electron chi connectivity index (χ4n) is 5.57. The van der Waals surface area contributed by atoms with Crippen LogP contribution in [0, 0.1) is 6.92 Å². The molecule has 1 aliphatic carbocycles. The van der Waals surface area contributed by atoms with Gasteiger partial charge in [0.15, 0.2) is 6.10 Å². The molecule has 3 aromatic rings. The zero-order valence-electron chi connectivity index (χ0n) is 22.2. The molecule has 0 aromatic heterocycles. The molecule has 0 saturated heterocycles. The molecule has 0 radical (unpaired) electrons. The van der Waals surface area contributed by atoms with Crippen molar-refractivity contribution in [2.75, 3.05) is 0 Å². The van der Waals surface area contributed by atoms with Gasteiger partial charge < -0.3 is 24.6 Å². The van der Waals surface area contributed by atoms with Gasteiger partial charge in [0.2, 0.25) is 0 Å². The monoisotopic (exact) mass is 529 g/mol. The smallest absolute Gasteiger partial charge is 0.326 e. The molecule has 1 saturated carbocycles. The number of carbonyl (C=O) groups is 2. The lowest BCUT2D eigenvalue weighted by molar-refractivity contribution is -0.161. The molecular formula is C32H35NO6. The van der Waals surface area contributed by atoms with E-state index < -0.39 is 18.1 Å². The van der Waals surface area contributed by atoms with E-state index in [9.17, 15) is 19.8 Å². The number of hydrogen-bond acceptors (Lipinski definition) is 5. The molecule has 5 rings (SSSR count). The van der Waals surface area contributed by atoms with Crippen molar-refractivity contribution in [3.05, 3.63) is 101 Å². The van der Waals surface area contributed by atoms with Crippen molar-refractivity contribution in [3.8, 4) is 5.75 Å². The number of amides is 1. The zero-order chi connectivity index (χ0) is 27.4. The Morgan fingerprint density at radius 3 is 2.28 bits per heavy atom. The van der Waals surface area contributed by atoms with E-state index in [4.69, 9.17) is 9.47 Å². The maximum absolute atomic E-state index is 14.1. The minimum absolute atomic E-state index is 0.152. The third kappa shape index (κ3) is 6.15. The molecule has 1 aliphatic heterocycles. The van der Waals surface area contributed by atoms with Crippen LogP contribution < -0.4 is 4.74 Å². The predicted octanol–water partition coefficient (Wildman–Crippen LogP) is 4.97. The first kappa shape index (κ1) is 26.9. The number of aryl methyl sites for hydroxylation is 1. The topological polar surface area (TPSA) is 96.3 Å². The average Bonchev–Trinajstić information content (AvgIpc) is 2.96. The molecule has 2 atom stereocenters. The summed E-state index contributed by atoms with van der Waals surface area (Å²) in [6.45, 7) is 2.48. The number of hydrogen-bond donors (Lipinski definition) is 2. The third-order valence-electron chi connectivity index (χ3n) is 7.76. The van der Waals surface area contributed by atoms with Gasteiger partial charge in [0.1, 0.15) is 18.4 Å². The second kappa shape index (κ2) is 12.0. The summed E-state index contributed by atoms with van der Waals surface area (Å²) in [4.78, 5) is 28.1. The highest BCUT2D eigenvalue weighted by Gasteiger charge is 2.40. The van der Waals surface area contributed by atoms with E-state index in [1.54, 1.807) is 0 Å². The van der Waals surface area contributed by atoms with Gasteiger partial charge in [-0.05, 0) is 54.9 Å². The van der Waals surface area contributed by atoms with E-state index in [2.05, 4.69) is 0 Å². The predicted molar refractivity (Wildman–Crippen MR) is 146 cm³/mol. The molecule has 2 aliphatic rings. The van der Waals surface area contributed by atoms with Crippen LogP contribution in [0.5, 0.6) is 5.75 Å². The number of carboxylic acid groups (broad SMARTS) is 1. The Morgan fingerprint density at radius 2 is 1.62 bits per heavy atom. The molecule has 0 unspecified atom stereocenters. The molecule has 0 bridgehead atoms. The quantitative estimate of drug-likeness (QED) is 0.428. The first-order chi connectivity index (χ1) is 18.9. The van der Waals surface area contributed by atoms with Gasteiger partial charge in [0.25, 0.3) is 5.91 Å². The van der Waals surface area contributed by atoms with Gasteiger partial charge in [-0.3, -0.25) is 4.79 Å². The number of nitrogens with zero attached hydrogens (tertiary/aromatic N) is 1. The van der Waals surface area contributed by atoms with Gasteiger partial charge in [-0.2, -0.15) is 0 Å². The zero-order valence-corrected chi connectivity index (χ0v) is 22.2. The van der Waals surface area contributed by atoms with E-state index >= 15 is 0 Å². The number of carboxylic acids is 1. The van der Waals surface area contributed by atoms with Gasteiger partial charge in [-0.15, -0.1) is 0 Å².